The molecule has 0 aliphatic carbocycles. The van der Waals surface area contributed by atoms with Gasteiger partial charge in [0.2, 0.25) is 0 Å². The van der Waals surface area contributed by atoms with Crippen molar-refractivity contribution >= 4 is 17.4 Å². The first-order chi connectivity index (χ1) is 16.3. The minimum atomic E-state index is -4.51. The largest absolute Gasteiger partial charge is 0.487 e. The molecule has 1 amide bonds. The van der Waals surface area contributed by atoms with Gasteiger partial charge in [0.15, 0.2) is 0 Å². The van der Waals surface area contributed by atoms with Gasteiger partial charge in [-0.25, -0.2) is 9.97 Å². The molecule has 34 heavy (non-hydrogen) atoms. The molecule has 0 saturated carbocycles. The van der Waals surface area contributed by atoms with Gasteiger partial charge in [-0.3, -0.25) is 4.79 Å². The number of benzene rings is 1. The first kappa shape index (κ1) is 23.1. The van der Waals surface area contributed by atoms with Gasteiger partial charge in [-0.15, -0.1) is 0 Å². The van der Waals surface area contributed by atoms with E-state index in [0.717, 1.165) is 23.0 Å². The number of anilines is 1. The van der Waals surface area contributed by atoms with Crippen LogP contribution < -0.4 is 15.4 Å². The van der Waals surface area contributed by atoms with Crippen LogP contribution in [0.4, 0.5) is 19.0 Å². The lowest BCUT2D eigenvalue weighted by Crippen LogP contribution is -2.29. The number of nitrogens with zero attached hydrogens (tertiary/aromatic N) is 3. The van der Waals surface area contributed by atoms with Crippen LogP contribution in [0.3, 0.4) is 0 Å². The van der Waals surface area contributed by atoms with Crippen molar-refractivity contribution in [3.63, 3.8) is 0 Å². The summed E-state index contributed by atoms with van der Waals surface area (Å²) >= 11 is 0. The molecule has 0 bridgehead atoms. The first-order valence-corrected chi connectivity index (χ1v) is 10.5. The van der Waals surface area contributed by atoms with E-state index < -0.39 is 11.7 Å². The molecule has 2 N–H and O–H groups in total. The highest BCUT2D eigenvalue weighted by molar-refractivity contribution is 5.94. The monoisotopic (exact) mass is 469 g/mol. The third kappa shape index (κ3) is 5.64. The Labute approximate surface area is 193 Å². The summed E-state index contributed by atoms with van der Waals surface area (Å²) in [6, 6.07) is 12.7. The highest BCUT2D eigenvalue weighted by atomic mass is 19.4. The molecule has 4 aromatic rings. The smallest absolute Gasteiger partial charge is 0.419 e. The third-order valence-corrected chi connectivity index (χ3v) is 4.95. The fourth-order valence-electron chi connectivity index (χ4n) is 3.34. The quantitative estimate of drug-likeness (QED) is 0.372. The van der Waals surface area contributed by atoms with Crippen LogP contribution >= 0.6 is 0 Å². The van der Waals surface area contributed by atoms with Crippen LogP contribution in [0.1, 0.15) is 27.2 Å². The average Bonchev–Trinajstić information content (AvgIpc) is 3.22. The number of aryl methyl sites for hydroxylation is 1. The van der Waals surface area contributed by atoms with Crippen molar-refractivity contribution in [3.8, 4) is 5.75 Å². The number of aromatic nitrogens is 3. The van der Waals surface area contributed by atoms with E-state index in [4.69, 9.17) is 4.74 Å². The summed E-state index contributed by atoms with van der Waals surface area (Å²) in [4.78, 5) is 20.7. The van der Waals surface area contributed by atoms with Crippen LogP contribution in [0.5, 0.6) is 5.75 Å². The van der Waals surface area contributed by atoms with Gasteiger partial charge in [-0.2, -0.15) is 13.2 Å². The maximum absolute atomic E-state index is 13.0. The second kappa shape index (κ2) is 9.82. The lowest BCUT2D eigenvalue weighted by atomic mass is 10.2. The van der Waals surface area contributed by atoms with Crippen LogP contribution in [-0.4, -0.2) is 33.4 Å². The number of alkyl halides is 3. The van der Waals surface area contributed by atoms with Crippen molar-refractivity contribution in [3.05, 3.63) is 89.5 Å². The van der Waals surface area contributed by atoms with Gasteiger partial charge >= 0.3 is 6.18 Å². The number of rotatable bonds is 8. The van der Waals surface area contributed by atoms with Crippen molar-refractivity contribution in [2.45, 2.75) is 19.7 Å². The van der Waals surface area contributed by atoms with Crippen LogP contribution in [0.15, 0.2) is 67.1 Å². The zero-order chi connectivity index (χ0) is 24.1. The number of fused-ring (bicyclic) bond motifs is 1. The fraction of sp³-hybridized carbons (Fsp3) is 0.208. The summed E-state index contributed by atoms with van der Waals surface area (Å²) in [6.45, 7) is 2.43. The van der Waals surface area contributed by atoms with E-state index in [2.05, 4.69) is 20.6 Å². The van der Waals surface area contributed by atoms with Crippen molar-refractivity contribution in [1.29, 1.82) is 0 Å². The standard InChI is InChI=1S/C24H22F3N5O2/c1-16-7-8-21-31-18(14-32(21)13-16)15-34-19-5-2-4-17(12-19)23(33)30-11-10-29-22-20(24(25,26)27)6-3-9-28-22/h2-9,12-14H,10-11,15H2,1H3,(H,28,29)(H,30,33). The van der Waals surface area contributed by atoms with Gasteiger partial charge in [-0.05, 0) is 48.9 Å². The minimum Gasteiger partial charge on any atom is -0.487 e. The maximum atomic E-state index is 13.0. The summed E-state index contributed by atoms with van der Waals surface area (Å²) in [7, 11) is 0. The molecule has 3 heterocycles. The molecule has 0 aliphatic rings. The van der Waals surface area contributed by atoms with Crippen molar-refractivity contribution < 1.29 is 22.7 Å². The number of carbonyl (C=O) groups is 1. The summed E-state index contributed by atoms with van der Waals surface area (Å²) in [5, 5.41) is 5.28. The molecule has 0 atom stereocenters. The molecule has 0 unspecified atom stereocenters. The number of carbonyl (C=O) groups excluding carboxylic acids is 1. The van der Waals surface area contributed by atoms with Gasteiger partial charge in [0.1, 0.15) is 23.8 Å². The summed E-state index contributed by atoms with van der Waals surface area (Å²) < 4.78 is 46.8. The number of pyridine rings is 2. The van der Waals surface area contributed by atoms with Gasteiger partial charge in [0.25, 0.3) is 5.91 Å². The molecule has 0 aliphatic heterocycles. The van der Waals surface area contributed by atoms with E-state index in [1.54, 1.807) is 24.3 Å². The third-order valence-electron chi connectivity index (χ3n) is 4.95. The molecule has 176 valence electrons. The number of halogens is 3. The molecule has 10 heteroatoms. The first-order valence-electron chi connectivity index (χ1n) is 10.5. The second-order valence-electron chi connectivity index (χ2n) is 7.60. The van der Waals surface area contributed by atoms with Gasteiger partial charge in [0.05, 0.1) is 11.3 Å². The zero-order valence-corrected chi connectivity index (χ0v) is 18.3. The predicted molar refractivity (Wildman–Crippen MR) is 121 cm³/mol. The predicted octanol–water partition coefficient (Wildman–Crippen LogP) is 4.48. The lowest BCUT2D eigenvalue weighted by molar-refractivity contribution is -0.137. The van der Waals surface area contributed by atoms with Gasteiger partial charge < -0.3 is 19.8 Å². The molecule has 4 rings (SSSR count). The summed E-state index contributed by atoms with van der Waals surface area (Å²) in [6.07, 6.45) is 0.624. The Morgan fingerprint density at radius 3 is 2.76 bits per heavy atom. The van der Waals surface area contributed by atoms with Gasteiger partial charge in [-0.1, -0.05) is 12.1 Å². The molecule has 0 radical (unpaired) electrons. The van der Waals surface area contributed by atoms with Crippen LogP contribution in [0, 0.1) is 6.92 Å². The summed E-state index contributed by atoms with van der Waals surface area (Å²) in [5.41, 5.74) is 2.20. The molecule has 3 aromatic heterocycles. The Morgan fingerprint density at radius 2 is 1.94 bits per heavy atom. The minimum absolute atomic E-state index is 0.0788. The summed E-state index contributed by atoms with van der Waals surface area (Å²) in [5.74, 6) is -0.142. The number of imidazole rings is 1. The van der Waals surface area contributed by atoms with Crippen LogP contribution in [0.25, 0.3) is 5.65 Å². The molecule has 0 fully saturated rings. The number of hydrogen-bond donors (Lipinski definition) is 2. The Bertz CT molecular complexity index is 1300. The molecule has 0 saturated heterocycles. The Balaban J connectivity index is 1.30. The maximum Gasteiger partial charge on any atom is 0.419 e. The van der Waals surface area contributed by atoms with Crippen LogP contribution in [0.2, 0.25) is 0 Å². The molecule has 7 nitrogen and oxygen atoms in total. The lowest BCUT2D eigenvalue weighted by Gasteiger charge is -2.13. The molecule has 0 spiro atoms. The average molecular weight is 469 g/mol. The van der Waals surface area contributed by atoms with Gasteiger partial charge in [0, 0.05) is 37.2 Å². The molecule has 1 aromatic carbocycles. The Hall–Kier alpha value is -4.08. The van der Waals surface area contributed by atoms with Crippen molar-refractivity contribution in [2.24, 2.45) is 0 Å². The highest BCUT2D eigenvalue weighted by Crippen LogP contribution is 2.33. The van der Waals surface area contributed by atoms with E-state index in [1.807, 2.05) is 35.9 Å². The van der Waals surface area contributed by atoms with E-state index in [9.17, 15) is 18.0 Å². The topological polar surface area (TPSA) is 80.5 Å². The number of hydrogen-bond acceptors (Lipinski definition) is 5. The number of nitrogens with one attached hydrogen (secondary N) is 2. The van der Waals surface area contributed by atoms with E-state index in [1.165, 1.54) is 12.3 Å². The van der Waals surface area contributed by atoms with E-state index in [0.29, 0.717) is 11.3 Å². The number of amides is 1. The molecular weight excluding hydrogens is 447 g/mol. The number of ether oxygens (including phenoxy) is 1. The molecular formula is C24H22F3N5O2. The van der Waals surface area contributed by atoms with Crippen molar-refractivity contribution in [1.82, 2.24) is 19.7 Å². The normalized spacial score (nSPS) is 11.4. The Kier molecular flexibility index (Phi) is 6.67. The van der Waals surface area contributed by atoms with E-state index >= 15 is 0 Å². The van der Waals surface area contributed by atoms with Crippen LogP contribution in [-0.2, 0) is 12.8 Å². The zero-order valence-electron chi connectivity index (χ0n) is 18.3. The van der Waals surface area contributed by atoms with Crippen molar-refractivity contribution in [2.75, 3.05) is 18.4 Å². The SMILES string of the molecule is Cc1ccc2nc(COc3cccc(C(=O)NCCNc4ncccc4C(F)(F)F)c3)cn2c1. The second-order valence-corrected chi connectivity index (χ2v) is 7.60. The Morgan fingerprint density at radius 1 is 1.09 bits per heavy atom. The fourth-order valence-corrected chi connectivity index (χ4v) is 3.34. The van der Waals surface area contributed by atoms with E-state index in [-0.39, 0.29) is 31.4 Å². The highest BCUT2D eigenvalue weighted by Gasteiger charge is 2.33.